The Balaban J connectivity index is 2.33. The van der Waals surface area contributed by atoms with E-state index < -0.39 is 0 Å². The van der Waals surface area contributed by atoms with Gasteiger partial charge in [0.15, 0.2) is 0 Å². The van der Waals surface area contributed by atoms with Crippen LogP contribution in [0.4, 0.5) is 0 Å². The molecule has 1 rings (SSSR count). The Bertz CT molecular complexity index is 213. The first-order valence-electron chi connectivity index (χ1n) is 4.59. The molecule has 1 saturated heterocycles. The third-order valence-electron chi connectivity index (χ3n) is 2.39. The quantitative estimate of drug-likeness (QED) is 0.632. The minimum Gasteiger partial charge on any atom is -0.381 e. The molecule has 72 valence electrons. The number of carbonyl (C=O) groups excluding carboxylic acids is 1. The molecule has 0 saturated carbocycles. The van der Waals surface area contributed by atoms with Crippen LogP contribution in [0.1, 0.15) is 19.8 Å². The van der Waals surface area contributed by atoms with Crippen LogP contribution in [-0.2, 0) is 9.53 Å². The highest BCUT2D eigenvalue weighted by molar-refractivity contribution is 5.92. The molecule has 1 aliphatic heterocycles. The predicted molar refractivity (Wildman–Crippen MR) is 50.0 cm³/mol. The number of terminal acetylenes is 1. The van der Waals surface area contributed by atoms with Gasteiger partial charge in [-0.15, -0.1) is 6.42 Å². The van der Waals surface area contributed by atoms with Gasteiger partial charge in [0.05, 0.1) is 6.61 Å². The van der Waals surface area contributed by atoms with Gasteiger partial charge in [-0.3, -0.25) is 4.79 Å². The van der Waals surface area contributed by atoms with Gasteiger partial charge < -0.3 is 10.1 Å². The van der Waals surface area contributed by atoms with E-state index in [2.05, 4.69) is 5.32 Å². The molecular weight excluding hydrogens is 166 g/mol. The lowest BCUT2D eigenvalue weighted by atomic mass is 9.95. The highest BCUT2D eigenvalue weighted by Crippen LogP contribution is 2.16. The molecule has 1 N–H and O–H groups in total. The van der Waals surface area contributed by atoms with E-state index in [9.17, 15) is 4.79 Å². The molecule has 0 aromatic heterocycles. The Morgan fingerprint density at radius 1 is 1.77 bits per heavy atom. The largest absolute Gasteiger partial charge is 0.381 e. The second-order valence-corrected chi connectivity index (χ2v) is 3.38. The van der Waals surface area contributed by atoms with E-state index >= 15 is 0 Å². The number of rotatable bonds is 2. The van der Waals surface area contributed by atoms with Crippen molar-refractivity contribution in [3.63, 3.8) is 0 Å². The van der Waals surface area contributed by atoms with Crippen LogP contribution >= 0.6 is 0 Å². The summed E-state index contributed by atoms with van der Waals surface area (Å²) in [5.74, 6) is 2.12. The highest BCUT2D eigenvalue weighted by Gasteiger charge is 2.21. The van der Waals surface area contributed by atoms with Crippen LogP contribution in [-0.4, -0.2) is 25.2 Å². The van der Waals surface area contributed by atoms with Crippen molar-refractivity contribution in [1.29, 1.82) is 0 Å². The van der Waals surface area contributed by atoms with Crippen LogP contribution in [0, 0.1) is 18.3 Å². The monoisotopic (exact) mass is 181 g/mol. The van der Waals surface area contributed by atoms with E-state index in [0.29, 0.717) is 5.92 Å². The van der Waals surface area contributed by atoms with Crippen molar-refractivity contribution in [3.8, 4) is 12.3 Å². The lowest BCUT2D eigenvalue weighted by molar-refractivity contribution is -0.116. The summed E-state index contributed by atoms with van der Waals surface area (Å²) in [4.78, 5) is 10.9. The maximum atomic E-state index is 10.9. The van der Waals surface area contributed by atoms with Crippen LogP contribution in [0.15, 0.2) is 0 Å². The molecule has 2 atom stereocenters. The van der Waals surface area contributed by atoms with Gasteiger partial charge in [0.2, 0.25) is 0 Å². The van der Waals surface area contributed by atoms with Gasteiger partial charge in [-0.05, 0) is 25.7 Å². The van der Waals surface area contributed by atoms with Crippen molar-refractivity contribution in [2.24, 2.45) is 5.92 Å². The summed E-state index contributed by atoms with van der Waals surface area (Å²) in [6.07, 6.45) is 7.13. The molecule has 0 aromatic carbocycles. The minimum absolute atomic E-state index is 0.115. The van der Waals surface area contributed by atoms with Gasteiger partial charge in [-0.1, -0.05) is 0 Å². The third-order valence-corrected chi connectivity index (χ3v) is 2.39. The van der Waals surface area contributed by atoms with E-state index in [-0.39, 0.29) is 11.9 Å². The maximum Gasteiger partial charge on any atom is 0.295 e. The number of amides is 1. The molecule has 0 bridgehead atoms. The van der Waals surface area contributed by atoms with Crippen LogP contribution in [0.25, 0.3) is 0 Å². The average Bonchev–Trinajstić information content (AvgIpc) is 2.19. The van der Waals surface area contributed by atoms with Gasteiger partial charge in [-0.25, -0.2) is 0 Å². The molecule has 0 spiro atoms. The lowest BCUT2D eigenvalue weighted by Crippen LogP contribution is -2.40. The zero-order chi connectivity index (χ0) is 9.68. The van der Waals surface area contributed by atoms with Crippen molar-refractivity contribution >= 4 is 5.91 Å². The molecule has 0 aromatic rings. The number of nitrogens with one attached hydrogen (secondary N) is 1. The summed E-state index contributed by atoms with van der Waals surface area (Å²) in [5.41, 5.74) is 0. The van der Waals surface area contributed by atoms with E-state index in [4.69, 9.17) is 11.2 Å². The predicted octanol–water partition coefficient (Wildman–Crippen LogP) is 0.551. The standard InChI is InChI=1S/C10H15NO2/c1-3-10(12)11-8(2)9-5-4-6-13-7-9/h1,8-9H,4-7H2,2H3,(H,11,12). The van der Waals surface area contributed by atoms with Crippen LogP contribution in [0.2, 0.25) is 0 Å². The van der Waals surface area contributed by atoms with E-state index in [1.807, 2.05) is 12.8 Å². The number of hydrogen-bond donors (Lipinski definition) is 1. The molecule has 1 heterocycles. The van der Waals surface area contributed by atoms with Crippen molar-refractivity contribution in [1.82, 2.24) is 5.32 Å². The molecule has 0 radical (unpaired) electrons. The Morgan fingerprint density at radius 2 is 2.54 bits per heavy atom. The first-order valence-corrected chi connectivity index (χ1v) is 4.59. The SMILES string of the molecule is C#CC(=O)NC(C)C1CCCOC1. The fraction of sp³-hybridized carbons (Fsp3) is 0.700. The molecular formula is C10H15NO2. The summed E-state index contributed by atoms with van der Waals surface area (Å²) in [5, 5.41) is 2.74. The number of hydrogen-bond acceptors (Lipinski definition) is 2. The summed E-state index contributed by atoms with van der Waals surface area (Å²) >= 11 is 0. The zero-order valence-corrected chi connectivity index (χ0v) is 7.88. The van der Waals surface area contributed by atoms with Gasteiger partial charge in [0.25, 0.3) is 5.91 Å². The molecule has 2 unspecified atom stereocenters. The van der Waals surface area contributed by atoms with Gasteiger partial charge in [0, 0.05) is 18.6 Å². The van der Waals surface area contributed by atoms with Crippen LogP contribution < -0.4 is 5.32 Å². The molecule has 1 aliphatic rings. The Morgan fingerprint density at radius 3 is 3.08 bits per heavy atom. The summed E-state index contributed by atoms with van der Waals surface area (Å²) in [6, 6.07) is 0.115. The molecule has 3 heteroatoms. The minimum atomic E-state index is -0.335. The Kier molecular flexibility index (Phi) is 3.78. The molecule has 1 fully saturated rings. The van der Waals surface area contributed by atoms with Crippen molar-refractivity contribution < 1.29 is 9.53 Å². The van der Waals surface area contributed by atoms with Gasteiger partial charge in [0.1, 0.15) is 0 Å². The van der Waals surface area contributed by atoms with E-state index in [0.717, 1.165) is 26.1 Å². The van der Waals surface area contributed by atoms with Crippen molar-refractivity contribution in [2.45, 2.75) is 25.8 Å². The Labute approximate surface area is 78.8 Å². The van der Waals surface area contributed by atoms with E-state index in [1.54, 1.807) is 0 Å². The van der Waals surface area contributed by atoms with Crippen molar-refractivity contribution in [3.05, 3.63) is 0 Å². The second kappa shape index (κ2) is 4.88. The summed E-state index contributed by atoms with van der Waals surface area (Å²) in [6.45, 7) is 3.53. The first kappa shape index (κ1) is 10.1. The molecule has 1 amide bonds. The third kappa shape index (κ3) is 3.08. The average molecular weight is 181 g/mol. The summed E-state index contributed by atoms with van der Waals surface area (Å²) < 4.78 is 5.32. The summed E-state index contributed by atoms with van der Waals surface area (Å²) in [7, 11) is 0. The zero-order valence-electron chi connectivity index (χ0n) is 7.88. The molecule has 13 heavy (non-hydrogen) atoms. The normalized spacial score (nSPS) is 24.5. The van der Waals surface area contributed by atoms with Crippen LogP contribution in [0.5, 0.6) is 0 Å². The lowest BCUT2D eigenvalue weighted by Gasteiger charge is -2.27. The van der Waals surface area contributed by atoms with Gasteiger partial charge >= 0.3 is 0 Å². The first-order chi connectivity index (χ1) is 6.24. The topological polar surface area (TPSA) is 38.3 Å². The maximum absolute atomic E-state index is 10.9. The van der Waals surface area contributed by atoms with Crippen molar-refractivity contribution in [2.75, 3.05) is 13.2 Å². The fourth-order valence-electron chi connectivity index (χ4n) is 1.53. The number of carbonyl (C=O) groups is 1. The Hall–Kier alpha value is -1.01. The number of ether oxygens (including phenoxy) is 1. The highest BCUT2D eigenvalue weighted by atomic mass is 16.5. The van der Waals surface area contributed by atoms with Crippen LogP contribution in [0.3, 0.4) is 0 Å². The van der Waals surface area contributed by atoms with Gasteiger partial charge in [-0.2, -0.15) is 0 Å². The smallest absolute Gasteiger partial charge is 0.295 e. The second-order valence-electron chi connectivity index (χ2n) is 3.38. The molecule has 3 nitrogen and oxygen atoms in total. The van der Waals surface area contributed by atoms with E-state index in [1.165, 1.54) is 0 Å². The fourth-order valence-corrected chi connectivity index (χ4v) is 1.53. The molecule has 0 aliphatic carbocycles.